The van der Waals surface area contributed by atoms with Gasteiger partial charge in [-0.3, -0.25) is 4.79 Å². The summed E-state index contributed by atoms with van der Waals surface area (Å²) in [5.41, 5.74) is 3.17. The zero-order valence-corrected chi connectivity index (χ0v) is 22.5. The number of amides is 1. The lowest BCUT2D eigenvalue weighted by molar-refractivity contribution is -0.121. The molecule has 0 saturated carbocycles. The Kier molecular flexibility index (Phi) is 7.61. The molecule has 1 aliphatic rings. The number of nitrogens with one attached hydrogen (secondary N) is 1. The van der Waals surface area contributed by atoms with Crippen molar-refractivity contribution >= 4 is 17.6 Å². The highest BCUT2D eigenvalue weighted by Gasteiger charge is 2.39. The number of hydrogen-bond acceptors (Lipinski definition) is 5. The van der Waals surface area contributed by atoms with Crippen LogP contribution in [0.3, 0.4) is 0 Å². The first-order valence-corrected chi connectivity index (χ1v) is 12.6. The molecule has 1 aliphatic heterocycles. The van der Waals surface area contributed by atoms with Crippen molar-refractivity contribution in [2.24, 2.45) is 0 Å². The summed E-state index contributed by atoms with van der Waals surface area (Å²) in [5, 5.41) is 14.9. The molecule has 3 aromatic rings. The molecule has 3 aromatic carbocycles. The third-order valence-electron chi connectivity index (χ3n) is 6.93. The van der Waals surface area contributed by atoms with Gasteiger partial charge in [0.05, 0.1) is 24.7 Å². The third kappa shape index (κ3) is 6.22. The molecule has 1 atom stereocenters. The van der Waals surface area contributed by atoms with Crippen molar-refractivity contribution < 1.29 is 28.6 Å². The number of benzene rings is 3. The van der Waals surface area contributed by atoms with Crippen LogP contribution in [0, 0.1) is 19.7 Å². The highest BCUT2D eigenvalue weighted by Crippen LogP contribution is 2.40. The van der Waals surface area contributed by atoms with Crippen molar-refractivity contribution in [1.29, 1.82) is 0 Å². The molecule has 0 aliphatic carbocycles. The van der Waals surface area contributed by atoms with Gasteiger partial charge in [0.2, 0.25) is 5.91 Å². The molecular weight excluding hydrogens is 485 g/mol. The van der Waals surface area contributed by atoms with Gasteiger partial charge in [-0.05, 0) is 67.6 Å². The first-order valence-electron chi connectivity index (χ1n) is 12.6. The predicted molar refractivity (Wildman–Crippen MR) is 144 cm³/mol. The smallest absolute Gasteiger partial charge is 0.338 e. The van der Waals surface area contributed by atoms with Crippen molar-refractivity contribution in [1.82, 2.24) is 0 Å². The number of carbonyl (C=O) groups is 2. The molecular formula is C31H34FNO5. The van der Waals surface area contributed by atoms with E-state index in [1.54, 1.807) is 24.3 Å². The zero-order chi connectivity index (χ0) is 27.7. The lowest BCUT2D eigenvalue weighted by Gasteiger charge is -2.37. The summed E-state index contributed by atoms with van der Waals surface area (Å²) in [6, 6.07) is 15.4. The standard InChI is InChI=1S/C31H34FNO5/c1-19-10-20(2)12-21(11-19)15-31(36,18-30(3,4)26-14-23(32)6-9-27(26)37-5)16-28(34)33-24-7-8-25-22(13-24)17-38-29(25)35/h6-14,36H,15-18H2,1-5H3,(H,33,34). The Labute approximate surface area is 222 Å². The summed E-state index contributed by atoms with van der Waals surface area (Å²) in [7, 11) is 1.53. The van der Waals surface area contributed by atoms with Crippen LogP contribution < -0.4 is 10.1 Å². The fourth-order valence-corrected chi connectivity index (χ4v) is 5.58. The molecule has 7 heteroatoms. The van der Waals surface area contributed by atoms with Gasteiger partial charge in [0.25, 0.3) is 0 Å². The minimum Gasteiger partial charge on any atom is -0.496 e. The molecule has 1 amide bonds. The van der Waals surface area contributed by atoms with Crippen LogP contribution in [0.25, 0.3) is 0 Å². The summed E-state index contributed by atoms with van der Waals surface area (Å²) in [6.07, 6.45) is 0.219. The topological polar surface area (TPSA) is 84.9 Å². The molecule has 0 spiro atoms. The van der Waals surface area contributed by atoms with Gasteiger partial charge in [0.15, 0.2) is 0 Å². The normalized spacial score (nSPS) is 14.4. The SMILES string of the molecule is COc1ccc(F)cc1C(C)(C)CC(O)(CC(=O)Nc1ccc2c(c1)COC2=O)Cc1cc(C)cc(C)c1. The molecule has 0 aromatic heterocycles. The van der Waals surface area contributed by atoms with Crippen LogP contribution >= 0.6 is 0 Å². The summed E-state index contributed by atoms with van der Waals surface area (Å²) in [4.78, 5) is 25.0. The number of ether oxygens (including phenoxy) is 2. The minimum atomic E-state index is -1.46. The second kappa shape index (κ2) is 10.6. The van der Waals surface area contributed by atoms with E-state index < -0.39 is 16.8 Å². The van der Waals surface area contributed by atoms with E-state index in [1.165, 1.54) is 19.2 Å². The average Bonchev–Trinajstić information content (AvgIpc) is 3.17. The molecule has 1 unspecified atom stereocenters. The molecule has 0 radical (unpaired) electrons. The number of fused-ring (bicyclic) bond motifs is 1. The van der Waals surface area contributed by atoms with E-state index in [0.29, 0.717) is 28.1 Å². The summed E-state index contributed by atoms with van der Waals surface area (Å²) < 4.78 is 24.8. The Bertz CT molecular complexity index is 1360. The highest BCUT2D eigenvalue weighted by molar-refractivity contribution is 5.96. The monoisotopic (exact) mass is 519 g/mol. The largest absolute Gasteiger partial charge is 0.496 e. The van der Waals surface area contributed by atoms with Gasteiger partial charge < -0.3 is 19.9 Å². The summed E-state index contributed by atoms with van der Waals surface area (Å²) in [6.45, 7) is 7.97. The Morgan fingerprint density at radius 2 is 1.79 bits per heavy atom. The van der Waals surface area contributed by atoms with Gasteiger partial charge >= 0.3 is 5.97 Å². The zero-order valence-electron chi connectivity index (χ0n) is 22.5. The van der Waals surface area contributed by atoms with Crippen molar-refractivity contribution in [3.05, 3.63) is 93.8 Å². The van der Waals surface area contributed by atoms with Gasteiger partial charge in [0, 0.05) is 23.2 Å². The molecule has 2 N–H and O–H groups in total. The lowest BCUT2D eigenvalue weighted by Crippen LogP contribution is -2.42. The van der Waals surface area contributed by atoms with Crippen molar-refractivity contribution in [3.63, 3.8) is 0 Å². The maximum absolute atomic E-state index is 14.2. The van der Waals surface area contributed by atoms with Gasteiger partial charge in [-0.15, -0.1) is 0 Å². The fraction of sp³-hybridized carbons (Fsp3) is 0.355. The Balaban J connectivity index is 1.63. The second-order valence-corrected chi connectivity index (χ2v) is 11.0. The van der Waals surface area contributed by atoms with E-state index in [9.17, 15) is 19.1 Å². The molecule has 0 fully saturated rings. The van der Waals surface area contributed by atoms with E-state index >= 15 is 0 Å². The number of methoxy groups -OCH3 is 1. The number of aliphatic hydroxyl groups is 1. The first kappa shape index (κ1) is 27.3. The van der Waals surface area contributed by atoms with Crippen molar-refractivity contribution in [2.45, 2.75) is 64.6 Å². The quantitative estimate of drug-likeness (QED) is 0.350. The fourth-order valence-electron chi connectivity index (χ4n) is 5.58. The maximum Gasteiger partial charge on any atom is 0.338 e. The number of anilines is 1. The van der Waals surface area contributed by atoms with Crippen LogP contribution in [0.4, 0.5) is 10.1 Å². The molecule has 38 heavy (non-hydrogen) atoms. The van der Waals surface area contributed by atoms with E-state index in [-0.39, 0.29) is 37.7 Å². The Morgan fingerprint density at radius 3 is 2.47 bits per heavy atom. The molecule has 0 bridgehead atoms. The third-order valence-corrected chi connectivity index (χ3v) is 6.93. The van der Waals surface area contributed by atoms with Crippen molar-refractivity contribution in [2.75, 3.05) is 12.4 Å². The number of halogens is 1. The molecule has 0 saturated heterocycles. The Hall–Kier alpha value is -3.71. The van der Waals surface area contributed by atoms with Gasteiger partial charge in [0.1, 0.15) is 18.2 Å². The van der Waals surface area contributed by atoms with Crippen molar-refractivity contribution in [3.8, 4) is 5.75 Å². The highest BCUT2D eigenvalue weighted by atomic mass is 19.1. The van der Waals surface area contributed by atoms with Crippen LogP contribution in [0.1, 0.15) is 64.9 Å². The van der Waals surface area contributed by atoms with Crippen LogP contribution in [-0.4, -0.2) is 29.7 Å². The molecule has 4 rings (SSSR count). The number of hydrogen-bond donors (Lipinski definition) is 2. The number of cyclic esters (lactones) is 1. The van der Waals surface area contributed by atoms with Gasteiger partial charge in [-0.25, -0.2) is 9.18 Å². The molecule has 200 valence electrons. The Morgan fingerprint density at radius 1 is 1.08 bits per heavy atom. The maximum atomic E-state index is 14.2. The number of rotatable bonds is 9. The predicted octanol–water partition coefficient (Wildman–Crippen LogP) is 5.79. The minimum absolute atomic E-state index is 0.165. The molecule has 1 heterocycles. The lowest BCUT2D eigenvalue weighted by atomic mass is 9.71. The number of esters is 1. The second-order valence-electron chi connectivity index (χ2n) is 11.0. The number of aryl methyl sites for hydroxylation is 2. The number of carbonyl (C=O) groups excluding carboxylic acids is 2. The van der Waals surface area contributed by atoms with E-state index in [4.69, 9.17) is 9.47 Å². The van der Waals surface area contributed by atoms with Crippen LogP contribution in [-0.2, 0) is 28.0 Å². The van der Waals surface area contributed by atoms with Crippen LogP contribution in [0.15, 0.2) is 54.6 Å². The van der Waals surface area contributed by atoms with Gasteiger partial charge in [-0.1, -0.05) is 43.2 Å². The summed E-state index contributed by atoms with van der Waals surface area (Å²) in [5.74, 6) is -0.632. The first-order chi connectivity index (χ1) is 17.9. The van der Waals surface area contributed by atoms with Crippen LogP contribution in [0.5, 0.6) is 5.75 Å². The van der Waals surface area contributed by atoms with Crippen LogP contribution in [0.2, 0.25) is 0 Å². The average molecular weight is 520 g/mol. The van der Waals surface area contributed by atoms with E-state index in [2.05, 4.69) is 11.4 Å². The molecule has 6 nitrogen and oxygen atoms in total. The van der Waals surface area contributed by atoms with E-state index in [1.807, 2.05) is 39.8 Å². The van der Waals surface area contributed by atoms with Gasteiger partial charge in [-0.2, -0.15) is 0 Å². The van der Waals surface area contributed by atoms with E-state index in [0.717, 1.165) is 16.7 Å². The summed E-state index contributed by atoms with van der Waals surface area (Å²) >= 11 is 0.